The highest BCUT2D eigenvalue weighted by Crippen LogP contribution is 2.24. The van der Waals surface area contributed by atoms with Crippen molar-refractivity contribution in [3.05, 3.63) is 59.7 Å². The fourth-order valence-electron chi connectivity index (χ4n) is 3.16. The third-order valence-corrected chi connectivity index (χ3v) is 5.54. The van der Waals surface area contributed by atoms with Crippen LogP contribution in [0.3, 0.4) is 0 Å². The predicted molar refractivity (Wildman–Crippen MR) is 99.9 cm³/mol. The van der Waals surface area contributed by atoms with Crippen molar-refractivity contribution >= 4 is 21.4 Å². The molecule has 24 heavy (non-hydrogen) atoms. The Morgan fingerprint density at radius 2 is 1.75 bits per heavy atom. The largest absolute Gasteiger partial charge is 0.371 e. The lowest BCUT2D eigenvalue weighted by atomic mass is 10.1. The molecule has 0 aliphatic carbocycles. The van der Waals surface area contributed by atoms with Gasteiger partial charge in [0.1, 0.15) is 0 Å². The van der Waals surface area contributed by atoms with E-state index in [4.69, 9.17) is 0 Å². The van der Waals surface area contributed by atoms with E-state index >= 15 is 0 Å². The van der Waals surface area contributed by atoms with Crippen LogP contribution in [0.25, 0.3) is 0 Å². The van der Waals surface area contributed by atoms with Gasteiger partial charge in [0, 0.05) is 18.8 Å². The summed E-state index contributed by atoms with van der Waals surface area (Å²) in [6.45, 7) is 4.05. The number of rotatable bonds is 5. The molecule has 2 aromatic carbocycles. The van der Waals surface area contributed by atoms with Crippen molar-refractivity contribution < 1.29 is 8.42 Å². The van der Waals surface area contributed by atoms with Gasteiger partial charge >= 0.3 is 0 Å². The van der Waals surface area contributed by atoms with E-state index in [9.17, 15) is 8.42 Å². The number of piperidine rings is 1. The van der Waals surface area contributed by atoms with Crippen LogP contribution in [0.15, 0.2) is 48.5 Å². The van der Waals surface area contributed by atoms with Crippen molar-refractivity contribution in [3.63, 3.8) is 0 Å². The van der Waals surface area contributed by atoms with Crippen LogP contribution in [0.2, 0.25) is 0 Å². The number of benzene rings is 2. The number of nitrogens with zero attached hydrogens (tertiary/aromatic N) is 1. The molecule has 1 aliphatic heterocycles. The zero-order valence-corrected chi connectivity index (χ0v) is 14.8. The summed E-state index contributed by atoms with van der Waals surface area (Å²) in [4.78, 5) is 2.32. The number of anilines is 2. The van der Waals surface area contributed by atoms with Crippen LogP contribution in [-0.2, 0) is 15.8 Å². The second kappa shape index (κ2) is 7.26. The summed E-state index contributed by atoms with van der Waals surface area (Å²) < 4.78 is 27.6. The van der Waals surface area contributed by atoms with Crippen molar-refractivity contribution in [2.45, 2.75) is 31.9 Å². The second-order valence-corrected chi connectivity index (χ2v) is 8.17. The zero-order chi connectivity index (χ0) is 17.0. The maximum atomic E-state index is 12.4. The van der Waals surface area contributed by atoms with Gasteiger partial charge in [0.2, 0.25) is 10.0 Å². The minimum Gasteiger partial charge on any atom is -0.371 e. The van der Waals surface area contributed by atoms with E-state index in [-0.39, 0.29) is 5.75 Å². The van der Waals surface area contributed by atoms with Crippen LogP contribution >= 0.6 is 0 Å². The van der Waals surface area contributed by atoms with Crippen LogP contribution in [0.4, 0.5) is 11.4 Å². The quantitative estimate of drug-likeness (QED) is 0.894. The van der Waals surface area contributed by atoms with Gasteiger partial charge in [-0.25, -0.2) is 8.42 Å². The fraction of sp³-hybridized carbons (Fsp3) is 0.368. The Morgan fingerprint density at radius 3 is 2.50 bits per heavy atom. The third-order valence-electron chi connectivity index (χ3n) is 4.28. The molecule has 128 valence electrons. The molecule has 1 aliphatic rings. The summed E-state index contributed by atoms with van der Waals surface area (Å²) in [7, 11) is -3.42. The molecule has 0 unspecified atom stereocenters. The Balaban J connectivity index is 1.72. The van der Waals surface area contributed by atoms with Crippen molar-refractivity contribution in [1.29, 1.82) is 0 Å². The summed E-state index contributed by atoms with van der Waals surface area (Å²) in [5.74, 6) is -0.0113. The van der Waals surface area contributed by atoms with Gasteiger partial charge < -0.3 is 4.90 Å². The van der Waals surface area contributed by atoms with Gasteiger partial charge in [-0.3, -0.25) is 4.72 Å². The highest BCUT2D eigenvalue weighted by atomic mass is 32.2. The van der Waals surface area contributed by atoms with Gasteiger partial charge in [-0.1, -0.05) is 35.9 Å². The van der Waals surface area contributed by atoms with Gasteiger partial charge in [0.25, 0.3) is 0 Å². The molecule has 2 aromatic rings. The molecule has 5 heteroatoms. The first-order chi connectivity index (χ1) is 11.5. The molecule has 0 bridgehead atoms. The van der Waals surface area contributed by atoms with E-state index in [0.29, 0.717) is 5.69 Å². The first-order valence-corrected chi connectivity index (χ1v) is 10.1. The van der Waals surface area contributed by atoms with Gasteiger partial charge in [0.15, 0.2) is 0 Å². The van der Waals surface area contributed by atoms with Crippen LogP contribution in [0.5, 0.6) is 0 Å². The molecular formula is C19H24N2O2S. The maximum Gasteiger partial charge on any atom is 0.236 e. The molecule has 0 saturated carbocycles. The molecule has 0 spiro atoms. The number of aryl methyl sites for hydroxylation is 1. The highest BCUT2D eigenvalue weighted by molar-refractivity contribution is 7.91. The predicted octanol–water partition coefficient (Wildman–Crippen LogP) is 3.93. The topological polar surface area (TPSA) is 49.4 Å². The number of hydrogen-bond donors (Lipinski definition) is 1. The summed E-state index contributed by atoms with van der Waals surface area (Å²) >= 11 is 0. The Kier molecular flexibility index (Phi) is 5.09. The van der Waals surface area contributed by atoms with E-state index < -0.39 is 10.0 Å². The van der Waals surface area contributed by atoms with Gasteiger partial charge in [0.05, 0.1) is 11.4 Å². The Labute approximate surface area is 144 Å². The first kappa shape index (κ1) is 16.8. The lowest BCUT2D eigenvalue weighted by Gasteiger charge is -2.29. The van der Waals surface area contributed by atoms with E-state index in [0.717, 1.165) is 29.9 Å². The van der Waals surface area contributed by atoms with E-state index in [1.165, 1.54) is 19.3 Å². The summed E-state index contributed by atoms with van der Waals surface area (Å²) in [6, 6.07) is 15.3. The summed E-state index contributed by atoms with van der Waals surface area (Å²) in [5.41, 5.74) is 3.58. The number of nitrogens with one attached hydrogen (secondary N) is 1. The van der Waals surface area contributed by atoms with E-state index in [2.05, 4.69) is 9.62 Å². The Morgan fingerprint density at radius 1 is 1.00 bits per heavy atom. The lowest BCUT2D eigenvalue weighted by Crippen LogP contribution is -2.29. The SMILES string of the molecule is Cc1cccc(CS(=O)(=O)Nc2cccc(N3CCCCC3)c2)c1. The average Bonchev–Trinajstić information content (AvgIpc) is 2.55. The second-order valence-electron chi connectivity index (χ2n) is 6.45. The Bertz CT molecular complexity index is 797. The molecule has 4 nitrogen and oxygen atoms in total. The van der Waals surface area contributed by atoms with Crippen LogP contribution in [0, 0.1) is 6.92 Å². The van der Waals surface area contributed by atoms with Crippen molar-refractivity contribution in [1.82, 2.24) is 0 Å². The van der Waals surface area contributed by atoms with Crippen molar-refractivity contribution in [2.75, 3.05) is 22.7 Å². The standard InChI is InChI=1S/C19H24N2O2S/c1-16-7-5-8-17(13-16)15-24(22,23)20-18-9-6-10-19(14-18)21-11-3-2-4-12-21/h5-10,13-14,20H,2-4,11-12,15H2,1H3. The van der Waals surface area contributed by atoms with Crippen molar-refractivity contribution in [3.8, 4) is 0 Å². The molecule has 1 fully saturated rings. The van der Waals surface area contributed by atoms with Gasteiger partial charge in [-0.2, -0.15) is 0 Å². The first-order valence-electron chi connectivity index (χ1n) is 8.43. The molecular weight excluding hydrogens is 320 g/mol. The normalized spacial score (nSPS) is 15.3. The molecule has 0 aromatic heterocycles. The summed E-state index contributed by atoms with van der Waals surface area (Å²) in [6.07, 6.45) is 3.67. The highest BCUT2D eigenvalue weighted by Gasteiger charge is 2.14. The molecule has 0 radical (unpaired) electrons. The Hall–Kier alpha value is -2.01. The van der Waals surface area contributed by atoms with Gasteiger partial charge in [-0.05, 0) is 49.9 Å². The van der Waals surface area contributed by atoms with Crippen molar-refractivity contribution in [2.24, 2.45) is 0 Å². The molecule has 1 heterocycles. The van der Waals surface area contributed by atoms with Crippen LogP contribution in [0.1, 0.15) is 30.4 Å². The van der Waals surface area contributed by atoms with Crippen LogP contribution < -0.4 is 9.62 Å². The average molecular weight is 344 g/mol. The number of sulfonamides is 1. The molecule has 1 N–H and O–H groups in total. The minimum absolute atomic E-state index is 0.0113. The summed E-state index contributed by atoms with van der Waals surface area (Å²) in [5, 5.41) is 0. The zero-order valence-electron chi connectivity index (χ0n) is 14.0. The maximum absolute atomic E-state index is 12.4. The monoisotopic (exact) mass is 344 g/mol. The minimum atomic E-state index is -3.42. The van der Waals surface area contributed by atoms with E-state index in [1.807, 2.05) is 49.4 Å². The fourth-order valence-corrected chi connectivity index (χ4v) is 4.33. The number of hydrogen-bond acceptors (Lipinski definition) is 3. The smallest absolute Gasteiger partial charge is 0.236 e. The molecule has 3 rings (SSSR count). The lowest BCUT2D eigenvalue weighted by molar-refractivity contribution is 0.578. The molecule has 0 atom stereocenters. The van der Waals surface area contributed by atoms with E-state index in [1.54, 1.807) is 6.07 Å². The molecule has 0 amide bonds. The third kappa shape index (κ3) is 4.51. The van der Waals surface area contributed by atoms with Gasteiger partial charge in [-0.15, -0.1) is 0 Å². The molecule has 1 saturated heterocycles. The van der Waals surface area contributed by atoms with Crippen LogP contribution in [-0.4, -0.2) is 21.5 Å².